The van der Waals surface area contributed by atoms with Crippen molar-refractivity contribution >= 4 is 17.7 Å². The van der Waals surface area contributed by atoms with Crippen molar-refractivity contribution < 1.29 is 9.21 Å². The lowest BCUT2D eigenvalue weighted by Gasteiger charge is -2.06. The van der Waals surface area contributed by atoms with Crippen molar-refractivity contribution in [3.63, 3.8) is 0 Å². The molecule has 0 aliphatic heterocycles. The number of carbonyl (C=O) groups is 1. The number of rotatable bonds is 4. The topological polar surface area (TPSA) is 55.1 Å². The highest BCUT2D eigenvalue weighted by Gasteiger charge is 2.11. The fourth-order valence-electron chi connectivity index (χ4n) is 1.40. The lowest BCUT2D eigenvalue weighted by Crippen LogP contribution is -2.23. The third kappa shape index (κ3) is 2.88. The molecule has 0 aliphatic carbocycles. The summed E-state index contributed by atoms with van der Waals surface area (Å²) >= 11 is 1.45. The van der Waals surface area contributed by atoms with Gasteiger partial charge in [0.2, 0.25) is 0 Å². The normalized spacial score (nSPS) is 10.2. The van der Waals surface area contributed by atoms with Crippen LogP contribution in [-0.2, 0) is 6.54 Å². The molecular formula is C12H12N2O2S. The molecule has 0 aromatic carbocycles. The predicted octanol–water partition coefficient (Wildman–Crippen LogP) is 2.33. The largest absolute Gasteiger partial charge is 0.467 e. The second kappa shape index (κ2) is 5.54. The zero-order chi connectivity index (χ0) is 12.1. The molecule has 4 nitrogen and oxygen atoms in total. The molecule has 2 aromatic heterocycles. The summed E-state index contributed by atoms with van der Waals surface area (Å²) in [5, 5.41) is 3.52. The maximum atomic E-state index is 11.9. The summed E-state index contributed by atoms with van der Waals surface area (Å²) in [5.41, 5.74) is 0.589. The van der Waals surface area contributed by atoms with Gasteiger partial charge in [-0.3, -0.25) is 4.79 Å². The van der Waals surface area contributed by atoms with Crippen molar-refractivity contribution in [2.45, 2.75) is 11.6 Å². The van der Waals surface area contributed by atoms with Crippen LogP contribution in [0.5, 0.6) is 0 Å². The summed E-state index contributed by atoms with van der Waals surface area (Å²) in [6.45, 7) is 0.383. The first-order valence-corrected chi connectivity index (χ1v) is 6.33. The molecule has 2 aromatic rings. The van der Waals surface area contributed by atoms with E-state index in [4.69, 9.17) is 4.42 Å². The third-order valence-corrected chi connectivity index (χ3v) is 2.92. The van der Waals surface area contributed by atoms with Gasteiger partial charge in [0, 0.05) is 6.20 Å². The average Bonchev–Trinajstić information content (AvgIpc) is 2.89. The fraction of sp³-hybridized carbons (Fsp3) is 0.167. The van der Waals surface area contributed by atoms with E-state index in [1.54, 1.807) is 30.7 Å². The number of thioether (sulfide) groups is 1. The monoisotopic (exact) mass is 248 g/mol. The van der Waals surface area contributed by atoms with Crippen LogP contribution in [0.15, 0.2) is 46.2 Å². The maximum absolute atomic E-state index is 11.9. The van der Waals surface area contributed by atoms with Crippen LogP contribution in [0.1, 0.15) is 16.1 Å². The van der Waals surface area contributed by atoms with Crippen LogP contribution in [0.3, 0.4) is 0 Å². The van der Waals surface area contributed by atoms with Crippen LogP contribution < -0.4 is 5.32 Å². The Morgan fingerprint density at radius 2 is 2.35 bits per heavy atom. The maximum Gasteiger partial charge on any atom is 0.254 e. The van der Waals surface area contributed by atoms with Crippen molar-refractivity contribution in [1.29, 1.82) is 0 Å². The van der Waals surface area contributed by atoms with E-state index < -0.39 is 0 Å². The van der Waals surface area contributed by atoms with Gasteiger partial charge in [0.1, 0.15) is 10.8 Å². The minimum Gasteiger partial charge on any atom is -0.467 e. The van der Waals surface area contributed by atoms with Gasteiger partial charge in [-0.25, -0.2) is 4.98 Å². The molecule has 88 valence electrons. The third-order valence-electron chi connectivity index (χ3n) is 2.21. The van der Waals surface area contributed by atoms with Gasteiger partial charge >= 0.3 is 0 Å². The number of hydrogen-bond donors (Lipinski definition) is 1. The van der Waals surface area contributed by atoms with Crippen LogP contribution in [0.25, 0.3) is 0 Å². The van der Waals surface area contributed by atoms with E-state index in [1.165, 1.54) is 11.8 Å². The number of hydrogen-bond acceptors (Lipinski definition) is 4. The number of aromatic nitrogens is 1. The van der Waals surface area contributed by atoms with Gasteiger partial charge in [0.05, 0.1) is 18.4 Å². The Labute approximate surface area is 103 Å². The summed E-state index contributed by atoms with van der Waals surface area (Å²) in [6.07, 6.45) is 5.15. The fourth-order valence-corrected chi connectivity index (χ4v) is 1.95. The number of carbonyl (C=O) groups excluding carboxylic acids is 1. The summed E-state index contributed by atoms with van der Waals surface area (Å²) in [5.74, 6) is 0.590. The van der Waals surface area contributed by atoms with E-state index in [0.29, 0.717) is 12.1 Å². The summed E-state index contributed by atoms with van der Waals surface area (Å²) in [6, 6.07) is 7.12. The molecule has 0 unspecified atom stereocenters. The zero-order valence-electron chi connectivity index (χ0n) is 9.34. The second-order valence-electron chi connectivity index (χ2n) is 3.32. The van der Waals surface area contributed by atoms with E-state index in [9.17, 15) is 4.79 Å². The molecule has 0 radical (unpaired) electrons. The van der Waals surface area contributed by atoms with Crippen LogP contribution in [-0.4, -0.2) is 17.1 Å². The van der Waals surface area contributed by atoms with Gasteiger partial charge < -0.3 is 9.73 Å². The highest BCUT2D eigenvalue weighted by molar-refractivity contribution is 7.98. The van der Waals surface area contributed by atoms with E-state index >= 15 is 0 Å². The highest BCUT2D eigenvalue weighted by atomic mass is 32.2. The van der Waals surface area contributed by atoms with E-state index in [1.807, 2.05) is 12.3 Å². The molecule has 17 heavy (non-hydrogen) atoms. The Bertz CT molecular complexity index is 497. The first kappa shape index (κ1) is 11.7. The summed E-state index contributed by atoms with van der Waals surface area (Å²) in [7, 11) is 0. The quantitative estimate of drug-likeness (QED) is 0.844. The molecule has 0 saturated heterocycles. The molecule has 0 saturated carbocycles. The van der Waals surface area contributed by atoms with Crippen molar-refractivity contribution in [1.82, 2.24) is 10.3 Å². The molecule has 5 heteroatoms. The van der Waals surface area contributed by atoms with E-state index in [2.05, 4.69) is 10.3 Å². The summed E-state index contributed by atoms with van der Waals surface area (Å²) in [4.78, 5) is 16.1. The standard InChI is InChI=1S/C12H12N2O2S/c1-17-12-10(5-2-6-13-12)11(15)14-8-9-4-3-7-16-9/h2-7H,8H2,1H3,(H,14,15). The Hall–Kier alpha value is -1.75. The van der Waals surface area contributed by atoms with Crippen LogP contribution in [0.4, 0.5) is 0 Å². The Balaban J connectivity index is 2.04. The molecule has 0 fully saturated rings. The molecule has 0 bridgehead atoms. The van der Waals surface area contributed by atoms with Crippen LogP contribution in [0, 0.1) is 0 Å². The molecule has 0 spiro atoms. The molecule has 2 rings (SSSR count). The number of amides is 1. The molecular weight excluding hydrogens is 236 g/mol. The molecule has 2 heterocycles. The van der Waals surface area contributed by atoms with E-state index in [0.717, 1.165) is 10.8 Å². The van der Waals surface area contributed by atoms with Crippen LogP contribution >= 0.6 is 11.8 Å². The number of nitrogens with one attached hydrogen (secondary N) is 1. The van der Waals surface area contributed by atoms with Crippen molar-refractivity contribution in [2.24, 2.45) is 0 Å². The number of pyridine rings is 1. The van der Waals surface area contributed by atoms with Gasteiger partial charge in [-0.1, -0.05) is 0 Å². The molecule has 1 amide bonds. The molecule has 1 N–H and O–H groups in total. The van der Waals surface area contributed by atoms with Gasteiger partial charge in [-0.2, -0.15) is 0 Å². The van der Waals surface area contributed by atoms with Crippen molar-refractivity contribution in [2.75, 3.05) is 6.26 Å². The molecule has 0 aliphatic rings. The van der Waals surface area contributed by atoms with Gasteiger partial charge in [-0.05, 0) is 30.5 Å². The first-order valence-electron chi connectivity index (χ1n) is 5.11. The summed E-state index contributed by atoms with van der Waals surface area (Å²) < 4.78 is 5.14. The Morgan fingerprint density at radius 1 is 1.47 bits per heavy atom. The number of furan rings is 1. The average molecular weight is 248 g/mol. The minimum atomic E-state index is -0.140. The second-order valence-corrected chi connectivity index (χ2v) is 4.12. The Kier molecular flexibility index (Phi) is 3.82. The van der Waals surface area contributed by atoms with Crippen molar-refractivity contribution in [3.05, 3.63) is 48.0 Å². The van der Waals surface area contributed by atoms with Gasteiger partial charge in [0.15, 0.2) is 0 Å². The minimum absolute atomic E-state index is 0.140. The Morgan fingerprint density at radius 3 is 3.06 bits per heavy atom. The zero-order valence-corrected chi connectivity index (χ0v) is 10.2. The lowest BCUT2D eigenvalue weighted by atomic mass is 10.2. The SMILES string of the molecule is CSc1ncccc1C(=O)NCc1ccco1. The molecule has 0 atom stereocenters. The van der Waals surface area contributed by atoms with Gasteiger partial charge in [0.25, 0.3) is 5.91 Å². The number of nitrogens with zero attached hydrogens (tertiary/aromatic N) is 1. The lowest BCUT2D eigenvalue weighted by molar-refractivity contribution is 0.0944. The van der Waals surface area contributed by atoms with Gasteiger partial charge in [-0.15, -0.1) is 11.8 Å². The van der Waals surface area contributed by atoms with Crippen molar-refractivity contribution in [3.8, 4) is 0 Å². The highest BCUT2D eigenvalue weighted by Crippen LogP contribution is 2.16. The van der Waals surface area contributed by atoms with E-state index in [-0.39, 0.29) is 5.91 Å². The first-order chi connectivity index (χ1) is 8.31. The van der Waals surface area contributed by atoms with Crippen LogP contribution in [0.2, 0.25) is 0 Å². The predicted molar refractivity (Wildman–Crippen MR) is 65.9 cm³/mol. The smallest absolute Gasteiger partial charge is 0.254 e.